The van der Waals surface area contributed by atoms with Crippen molar-refractivity contribution in [2.75, 3.05) is 13.2 Å². The van der Waals surface area contributed by atoms with Crippen molar-refractivity contribution in [2.45, 2.75) is 43.9 Å². The molecule has 4 heteroatoms. The molecule has 1 N–H and O–H groups in total. The Labute approximate surface area is 169 Å². The third-order valence-electron chi connectivity index (χ3n) is 6.47. The third-order valence-corrected chi connectivity index (χ3v) is 11.5. The Morgan fingerprint density at radius 2 is 1.61 bits per heavy atom. The zero-order valence-corrected chi connectivity index (χ0v) is 18.0. The Morgan fingerprint density at radius 3 is 2.00 bits per heavy atom. The van der Waals surface area contributed by atoms with Gasteiger partial charge >= 0.3 is 0 Å². The van der Waals surface area contributed by atoms with Crippen molar-refractivity contribution in [3.05, 3.63) is 72.8 Å². The molecular weight excluding hydrogens is 364 g/mol. The van der Waals surface area contributed by atoms with Gasteiger partial charge in [-0.1, -0.05) is 93.6 Å². The van der Waals surface area contributed by atoms with Gasteiger partial charge in [0.1, 0.15) is 5.60 Å². The Morgan fingerprint density at radius 1 is 1.07 bits per heavy atom. The minimum absolute atomic E-state index is 0.0442. The summed E-state index contributed by atoms with van der Waals surface area (Å²) in [5.74, 6) is 0.0442. The molecule has 28 heavy (non-hydrogen) atoms. The lowest BCUT2D eigenvalue weighted by molar-refractivity contribution is -0.0802. The minimum atomic E-state index is -2.63. The van der Waals surface area contributed by atoms with Gasteiger partial charge in [0, 0.05) is 12.3 Å². The van der Waals surface area contributed by atoms with Gasteiger partial charge in [0.25, 0.3) is 8.32 Å². The van der Waals surface area contributed by atoms with E-state index in [0.29, 0.717) is 19.6 Å². The summed E-state index contributed by atoms with van der Waals surface area (Å²) in [5, 5.41) is 13.2. The van der Waals surface area contributed by atoms with Crippen molar-refractivity contribution in [1.82, 2.24) is 0 Å². The first kappa shape index (κ1) is 19.6. The molecule has 148 valence electrons. The average molecular weight is 395 g/mol. The highest BCUT2D eigenvalue weighted by molar-refractivity contribution is 6.99. The molecule has 1 aliphatic heterocycles. The van der Waals surface area contributed by atoms with Crippen LogP contribution in [-0.2, 0) is 9.16 Å². The number of fused-ring (bicyclic) bond motifs is 2. The van der Waals surface area contributed by atoms with Gasteiger partial charge < -0.3 is 14.3 Å². The van der Waals surface area contributed by atoms with Crippen molar-refractivity contribution >= 4 is 18.7 Å². The maximum absolute atomic E-state index is 10.8. The molecule has 0 radical (unpaired) electrons. The van der Waals surface area contributed by atoms with Crippen LogP contribution in [-0.4, -0.2) is 38.3 Å². The van der Waals surface area contributed by atoms with E-state index in [4.69, 9.17) is 9.16 Å². The lowest BCUT2D eigenvalue weighted by atomic mass is 10.0. The first-order chi connectivity index (χ1) is 13.3. The first-order valence-electron chi connectivity index (χ1n) is 10.0. The quantitative estimate of drug-likeness (QED) is 0.625. The van der Waals surface area contributed by atoms with Crippen molar-refractivity contribution in [1.29, 1.82) is 0 Å². The van der Waals surface area contributed by atoms with Crippen LogP contribution in [0.4, 0.5) is 0 Å². The van der Waals surface area contributed by atoms with Crippen molar-refractivity contribution < 1.29 is 14.3 Å². The monoisotopic (exact) mass is 394 g/mol. The van der Waals surface area contributed by atoms with E-state index in [1.54, 1.807) is 0 Å². The number of ether oxygens (including phenoxy) is 1. The molecule has 2 bridgehead atoms. The topological polar surface area (TPSA) is 38.7 Å². The van der Waals surface area contributed by atoms with Crippen LogP contribution >= 0.6 is 0 Å². The lowest BCUT2D eigenvalue weighted by Crippen LogP contribution is -2.68. The standard InChI is InChI=1S/C24H30O3Si/c1-18-15-24(22(25)21(18)16-26-24)17-27-28(23(2,3)4,19-11-7-5-8-12-19)20-13-9-6-10-14-20/h5-14,21-22,25H,1,15-17H2,2-4H3/t21-,22+,24-/m1/s1. The summed E-state index contributed by atoms with van der Waals surface area (Å²) in [6.07, 6.45) is 0.148. The number of hydrogen-bond acceptors (Lipinski definition) is 3. The Bertz CT molecular complexity index is 804. The van der Waals surface area contributed by atoms with E-state index >= 15 is 0 Å². The number of rotatable bonds is 5. The fourth-order valence-electron chi connectivity index (χ4n) is 4.98. The van der Waals surface area contributed by atoms with Crippen LogP contribution < -0.4 is 10.4 Å². The maximum atomic E-state index is 10.8. The number of aliphatic hydroxyl groups excluding tert-OH is 1. The Balaban J connectivity index is 1.79. The predicted octanol–water partition coefficient (Wildman–Crippen LogP) is 3.27. The van der Waals surface area contributed by atoms with Gasteiger partial charge in [-0.05, 0) is 15.4 Å². The predicted molar refractivity (Wildman–Crippen MR) is 116 cm³/mol. The Hall–Kier alpha value is -1.72. The molecule has 0 spiro atoms. The number of benzene rings is 2. The van der Waals surface area contributed by atoms with Gasteiger partial charge in [-0.3, -0.25) is 0 Å². The molecule has 1 heterocycles. The number of hydrogen-bond donors (Lipinski definition) is 1. The molecule has 3 atom stereocenters. The van der Waals surface area contributed by atoms with E-state index in [-0.39, 0.29) is 11.0 Å². The fourth-order valence-corrected chi connectivity index (χ4v) is 9.60. The van der Waals surface area contributed by atoms with E-state index in [1.165, 1.54) is 10.4 Å². The van der Waals surface area contributed by atoms with Crippen molar-refractivity contribution in [3.63, 3.8) is 0 Å². The molecule has 0 aromatic heterocycles. The maximum Gasteiger partial charge on any atom is 0.261 e. The van der Waals surface area contributed by atoms with E-state index in [1.807, 2.05) is 12.1 Å². The van der Waals surface area contributed by atoms with Crippen LogP contribution in [0, 0.1) is 5.92 Å². The van der Waals surface area contributed by atoms with Gasteiger partial charge in [-0.15, -0.1) is 0 Å². The minimum Gasteiger partial charge on any atom is -0.404 e. The summed E-state index contributed by atoms with van der Waals surface area (Å²) >= 11 is 0. The summed E-state index contributed by atoms with van der Waals surface area (Å²) in [7, 11) is -2.63. The highest BCUT2D eigenvalue weighted by atomic mass is 28.4. The normalized spacial score (nSPS) is 27.4. The molecule has 1 saturated carbocycles. The second-order valence-corrected chi connectivity index (χ2v) is 13.5. The Kier molecular flexibility index (Phi) is 4.87. The van der Waals surface area contributed by atoms with Gasteiger partial charge in [-0.25, -0.2) is 0 Å². The summed E-state index contributed by atoms with van der Waals surface area (Å²) in [4.78, 5) is 0. The largest absolute Gasteiger partial charge is 0.404 e. The SMILES string of the molecule is C=C1C[C@]2(CO[Si](c3ccccc3)(c3ccccc3)C(C)(C)C)OC[C@H]1[C@@H]2O. The molecule has 0 amide bonds. The van der Waals surface area contributed by atoms with E-state index in [2.05, 4.69) is 75.9 Å². The first-order valence-corrected chi connectivity index (χ1v) is 12.0. The molecule has 3 nitrogen and oxygen atoms in total. The molecule has 1 aliphatic carbocycles. The van der Waals surface area contributed by atoms with Crippen LogP contribution in [0.1, 0.15) is 27.2 Å². The van der Waals surface area contributed by atoms with Crippen LogP contribution in [0.3, 0.4) is 0 Å². The highest BCUT2D eigenvalue weighted by Gasteiger charge is 2.59. The molecule has 2 aliphatic rings. The lowest BCUT2D eigenvalue weighted by Gasteiger charge is -2.45. The summed E-state index contributed by atoms with van der Waals surface area (Å²) in [6, 6.07) is 21.2. The molecule has 2 aromatic rings. The summed E-state index contributed by atoms with van der Waals surface area (Å²) in [5.41, 5.74) is 0.430. The summed E-state index contributed by atoms with van der Waals surface area (Å²) < 4.78 is 13.1. The second-order valence-electron chi connectivity index (χ2n) is 9.21. The molecule has 4 rings (SSSR count). The van der Waals surface area contributed by atoms with Crippen LogP contribution in [0.2, 0.25) is 5.04 Å². The highest BCUT2D eigenvalue weighted by Crippen LogP contribution is 2.48. The van der Waals surface area contributed by atoms with Crippen LogP contribution in [0.15, 0.2) is 72.8 Å². The smallest absolute Gasteiger partial charge is 0.261 e. The van der Waals surface area contributed by atoms with Gasteiger partial charge in [-0.2, -0.15) is 0 Å². The average Bonchev–Trinajstić information content (AvgIpc) is 3.11. The molecule has 1 saturated heterocycles. The molecule has 2 aromatic carbocycles. The van der Waals surface area contributed by atoms with Crippen molar-refractivity contribution in [2.24, 2.45) is 5.92 Å². The fraction of sp³-hybridized carbons (Fsp3) is 0.417. The van der Waals surface area contributed by atoms with E-state index < -0.39 is 20.0 Å². The van der Waals surface area contributed by atoms with Gasteiger partial charge in [0.2, 0.25) is 0 Å². The van der Waals surface area contributed by atoms with E-state index in [9.17, 15) is 5.11 Å². The molecular formula is C24H30O3Si. The summed E-state index contributed by atoms with van der Waals surface area (Å²) in [6.45, 7) is 11.9. The zero-order chi connectivity index (χ0) is 20.0. The van der Waals surface area contributed by atoms with Crippen LogP contribution in [0.5, 0.6) is 0 Å². The molecule has 0 unspecified atom stereocenters. The van der Waals surface area contributed by atoms with E-state index in [0.717, 1.165) is 5.57 Å². The van der Waals surface area contributed by atoms with Crippen molar-refractivity contribution in [3.8, 4) is 0 Å². The second kappa shape index (κ2) is 6.96. The van der Waals surface area contributed by atoms with Gasteiger partial charge in [0.05, 0.1) is 19.3 Å². The third kappa shape index (κ3) is 2.91. The van der Waals surface area contributed by atoms with Gasteiger partial charge in [0.15, 0.2) is 0 Å². The number of aliphatic hydroxyl groups is 1. The van der Waals surface area contributed by atoms with Crippen LogP contribution in [0.25, 0.3) is 0 Å². The zero-order valence-electron chi connectivity index (χ0n) is 17.0. The molecule has 2 fully saturated rings.